The molecular weight excluding hydrogens is 150 g/mol. The molecule has 0 amide bonds. The van der Waals surface area contributed by atoms with Crippen LogP contribution in [0.4, 0.5) is 5.82 Å². The fraction of sp³-hybridized carbons (Fsp3) is 0.444. The van der Waals surface area contributed by atoms with Crippen molar-refractivity contribution in [3.8, 4) is 0 Å². The van der Waals surface area contributed by atoms with Gasteiger partial charge in [0.05, 0.1) is 0 Å². The zero-order valence-electron chi connectivity index (χ0n) is 7.25. The second kappa shape index (κ2) is 2.75. The van der Waals surface area contributed by atoms with Gasteiger partial charge in [-0.1, -0.05) is 0 Å². The Morgan fingerprint density at radius 1 is 1.67 bits per heavy atom. The largest absolute Gasteiger partial charge is 0.359 e. The molecule has 2 N–H and O–H groups in total. The first-order valence-corrected chi connectivity index (χ1v) is 4.21. The number of nitrogens with two attached hydrogens (primary N) is 1. The van der Waals surface area contributed by atoms with Gasteiger partial charge in [-0.2, -0.15) is 0 Å². The van der Waals surface area contributed by atoms with Gasteiger partial charge in [-0.25, -0.2) is 4.98 Å². The van der Waals surface area contributed by atoms with Gasteiger partial charge in [-0.05, 0) is 18.1 Å². The van der Waals surface area contributed by atoms with Crippen LogP contribution in [0.3, 0.4) is 0 Å². The molecular formula is C9H13N3. The second-order valence-electron chi connectivity index (χ2n) is 3.15. The van der Waals surface area contributed by atoms with Gasteiger partial charge in [0.1, 0.15) is 5.82 Å². The number of aromatic nitrogens is 1. The molecule has 1 aromatic heterocycles. The van der Waals surface area contributed by atoms with Crippen molar-refractivity contribution < 1.29 is 0 Å². The minimum atomic E-state index is 0.624. The minimum absolute atomic E-state index is 0.624. The Morgan fingerprint density at radius 2 is 2.50 bits per heavy atom. The number of hydrogen-bond acceptors (Lipinski definition) is 3. The summed E-state index contributed by atoms with van der Waals surface area (Å²) in [6.45, 7) is 1.69. The highest BCUT2D eigenvalue weighted by molar-refractivity contribution is 5.54. The lowest BCUT2D eigenvalue weighted by Crippen LogP contribution is -2.13. The molecule has 3 nitrogen and oxygen atoms in total. The predicted molar refractivity (Wildman–Crippen MR) is 49.1 cm³/mol. The monoisotopic (exact) mass is 163 g/mol. The van der Waals surface area contributed by atoms with Gasteiger partial charge < -0.3 is 10.6 Å². The molecule has 0 saturated carbocycles. The van der Waals surface area contributed by atoms with Crippen LogP contribution < -0.4 is 10.6 Å². The van der Waals surface area contributed by atoms with Crippen molar-refractivity contribution in [3.05, 3.63) is 23.4 Å². The average molecular weight is 163 g/mol. The van der Waals surface area contributed by atoms with Crippen LogP contribution in [0.25, 0.3) is 0 Å². The Bertz CT molecular complexity index is 296. The molecule has 0 fully saturated rings. The highest BCUT2D eigenvalue weighted by Gasteiger charge is 2.18. The third-order valence-corrected chi connectivity index (χ3v) is 2.41. The zero-order chi connectivity index (χ0) is 8.55. The van der Waals surface area contributed by atoms with E-state index in [2.05, 4.69) is 16.9 Å². The van der Waals surface area contributed by atoms with E-state index in [9.17, 15) is 0 Å². The summed E-state index contributed by atoms with van der Waals surface area (Å²) < 4.78 is 0. The highest BCUT2D eigenvalue weighted by Crippen LogP contribution is 2.26. The standard InChI is InChI=1S/C9H13N3/c1-12-5-3-8-7(6-10)2-4-11-9(8)12/h2,4H,3,5-6,10H2,1H3. The minimum Gasteiger partial charge on any atom is -0.359 e. The van der Waals surface area contributed by atoms with Crippen molar-refractivity contribution in [3.63, 3.8) is 0 Å². The lowest BCUT2D eigenvalue weighted by Gasteiger charge is -2.10. The van der Waals surface area contributed by atoms with E-state index in [1.165, 1.54) is 11.1 Å². The number of likely N-dealkylation sites (N-methyl/N-ethyl adjacent to an activating group) is 1. The van der Waals surface area contributed by atoms with Gasteiger partial charge in [0.2, 0.25) is 0 Å². The Hall–Kier alpha value is -1.09. The number of rotatable bonds is 1. The molecule has 2 rings (SSSR count). The molecule has 0 unspecified atom stereocenters. The van der Waals surface area contributed by atoms with Gasteiger partial charge in [0.15, 0.2) is 0 Å². The van der Waals surface area contributed by atoms with Crippen molar-refractivity contribution in [2.75, 3.05) is 18.5 Å². The van der Waals surface area contributed by atoms with Crippen LogP contribution in [-0.4, -0.2) is 18.6 Å². The molecule has 0 radical (unpaired) electrons. The molecule has 0 saturated heterocycles. The van der Waals surface area contributed by atoms with Gasteiger partial charge in [0.25, 0.3) is 0 Å². The summed E-state index contributed by atoms with van der Waals surface area (Å²) in [4.78, 5) is 6.49. The van der Waals surface area contributed by atoms with E-state index in [1.807, 2.05) is 12.3 Å². The first kappa shape index (κ1) is 7.55. The van der Waals surface area contributed by atoms with E-state index in [0.29, 0.717) is 6.54 Å². The predicted octanol–water partition coefficient (Wildman–Crippen LogP) is 0.533. The van der Waals surface area contributed by atoms with E-state index in [0.717, 1.165) is 18.8 Å². The number of pyridine rings is 1. The van der Waals surface area contributed by atoms with Crippen molar-refractivity contribution in [2.45, 2.75) is 13.0 Å². The van der Waals surface area contributed by atoms with E-state index >= 15 is 0 Å². The number of anilines is 1. The fourth-order valence-electron chi connectivity index (χ4n) is 1.70. The molecule has 2 heterocycles. The molecule has 64 valence electrons. The van der Waals surface area contributed by atoms with Crippen LogP contribution >= 0.6 is 0 Å². The quantitative estimate of drug-likeness (QED) is 0.656. The van der Waals surface area contributed by atoms with Crippen molar-refractivity contribution >= 4 is 5.82 Å². The van der Waals surface area contributed by atoms with Crippen LogP contribution in [0, 0.1) is 0 Å². The maximum atomic E-state index is 5.62. The fourth-order valence-corrected chi connectivity index (χ4v) is 1.70. The molecule has 12 heavy (non-hydrogen) atoms. The molecule has 1 aromatic rings. The maximum absolute atomic E-state index is 5.62. The summed E-state index contributed by atoms with van der Waals surface area (Å²) in [5.74, 6) is 1.11. The molecule has 1 aliphatic heterocycles. The first-order valence-electron chi connectivity index (χ1n) is 4.21. The summed E-state index contributed by atoms with van der Waals surface area (Å²) in [6, 6.07) is 2.01. The Balaban J connectivity index is 2.50. The highest BCUT2D eigenvalue weighted by atomic mass is 15.2. The average Bonchev–Trinajstić information content (AvgIpc) is 2.48. The van der Waals surface area contributed by atoms with Crippen LogP contribution in [0.15, 0.2) is 12.3 Å². The molecule has 3 heteroatoms. The normalized spacial score (nSPS) is 15.0. The maximum Gasteiger partial charge on any atom is 0.131 e. The van der Waals surface area contributed by atoms with E-state index in [4.69, 9.17) is 5.73 Å². The van der Waals surface area contributed by atoms with Crippen LogP contribution in [-0.2, 0) is 13.0 Å². The molecule has 1 aliphatic rings. The van der Waals surface area contributed by atoms with Crippen molar-refractivity contribution in [1.82, 2.24) is 4.98 Å². The number of hydrogen-bond donors (Lipinski definition) is 1. The second-order valence-corrected chi connectivity index (χ2v) is 3.15. The molecule has 0 bridgehead atoms. The van der Waals surface area contributed by atoms with Crippen molar-refractivity contribution in [1.29, 1.82) is 0 Å². The lowest BCUT2D eigenvalue weighted by molar-refractivity contribution is 0.940. The van der Waals surface area contributed by atoms with Gasteiger partial charge in [-0.3, -0.25) is 0 Å². The van der Waals surface area contributed by atoms with Crippen LogP contribution in [0.2, 0.25) is 0 Å². The molecule has 0 atom stereocenters. The SMILES string of the molecule is CN1CCc2c(CN)ccnc21. The van der Waals surface area contributed by atoms with Gasteiger partial charge in [-0.15, -0.1) is 0 Å². The van der Waals surface area contributed by atoms with E-state index in [-0.39, 0.29) is 0 Å². The Kier molecular flexibility index (Phi) is 1.73. The zero-order valence-corrected chi connectivity index (χ0v) is 7.25. The summed E-state index contributed by atoms with van der Waals surface area (Å²) >= 11 is 0. The summed E-state index contributed by atoms with van der Waals surface area (Å²) in [5.41, 5.74) is 8.20. The summed E-state index contributed by atoms with van der Waals surface area (Å²) in [6.07, 6.45) is 2.93. The first-order chi connectivity index (χ1) is 5.83. The van der Waals surface area contributed by atoms with Gasteiger partial charge >= 0.3 is 0 Å². The van der Waals surface area contributed by atoms with Crippen LogP contribution in [0.5, 0.6) is 0 Å². The number of nitrogens with zero attached hydrogens (tertiary/aromatic N) is 2. The molecule has 0 aromatic carbocycles. The Morgan fingerprint density at radius 3 is 3.25 bits per heavy atom. The topological polar surface area (TPSA) is 42.1 Å². The third kappa shape index (κ3) is 0.975. The molecule has 0 aliphatic carbocycles. The molecule has 0 spiro atoms. The Labute approximate surface area is 72.2 Å². The number of fused-ring (bicyclic) bond motifs is 1. The summed E-state index contributed by atoms with van der Waals surface area (Å²) in [7, 11) is 2.07. The smallest absolute Gasteiger partial charge is 0.131 e. The van der Waals surface area contributed by atoms with Gasteiger partial charge in [0, 0.05) is 31.9 Å². The van der Waals surface area contributed by atoms with Crippen LogP contribution in [0.1, 0.15) is 11.1 Å². The van der Waals surface area contributed by atoms with Crippen molar-refractivity contribution in [2.24, 2.45) is 5.73 Å². The summed E-state index contributed by atoms with van der Waals surface area (Å²) in [5, 5.41) is 0. The van der Waals surface area contributed by atoms with E-state index in [1.54, 1.807) is 0 Å². The third-order valence-electron chi connectivity index (χ3n) is 2.41. The van der Waals surface area contributed by atoms with E-state index < -0.39 is 0 Å². The lowest BCUT2D eigenvalue weighted by atomic mass is 10.1.